The minimum atomic E-state index is -0.128. The van der Waals surface area contributed by atoms with Crippen LogP contribution in [0.4, 0.5) is 0 Å². The topological polar surface area (TPSA) is 58.2 Å². The number of hydrogen-bond acceptors (Lipinski definition) is 2. The van der Waals surface area contributed by atoms with Crippen LogP contribution in [0.3, 0.4) is 0 Å². The van der Waals surface area contributed by atoms with Crippen LogP contribution in [0.5, 0.6) is 0 Å². The highest BCUT2D eigenvalue weighted by Crippen LogP contribution is 2.08. The van der Waals surface area contributed by atoms with Crippen molar-refractivity contribution in [3.63, 3.8) is 0 Å². The van der Waals surface area contributed by atoms with Crippen molar-refractivity contribution in [2.75, 3.05) is 6.54 Å². The molecule has 0 aromatic heterocycles. The second-order valence-corrected chi connectivity index (χ2v) is 4.61. The zero-order valence-corrected chi connectivity index (χ0v) is 10.7. The lowest BCUT2D eigenvalue weighted by Gasteiger charge is -2.11. The maximum absolute atomic E-state index is 11.8. The number of halogens is 1. The standard InChI is InChI=1S/C13H15ClN2O2/c14-7-9-1-3-10(4-2-9)13(18)15-8-11-5-6-12(17)16-11/h1-4,11H,5-8H2,(H,15,18)(H,16,17). The molecule has 2 N–H and O–H groups in total. The van der Waals surface area contributed by atoms with Crippen molar-refractivity contribution in [2.45, 2.75) is 24.8 Å². The molecule has 96 valence electrons. The lowest BCUT2D eigenvalue weighted by Crippen LogP contribution is -2.38. The molecule has 0 aliphatic carbocycles. The van der Waals surface area contributed by atoms with Gasteiger partial charge in [-0.15, -0.1) is 11.6 Å². The van der Waals surface area contributed by atoms with Gasteiger partial charge in [0, 0.05) is 30.5 Å². The molecule has 1 heterocycles. The summed E-state index contributed by atoms with van der Waals surface area (Å²) < 4.78 is 0. The lowest BCUT2D eigenvalue weighted by atomic mass is 10.1. The Bertz CT molecular complexity index is 445. The average molecular weight is 267 g/mol. The van der Waals surface area contributed by atoms with Crippen LogP contribution >= 0.6 is 11.6 Å². The van der Waals surface area contributed by atoms with E-state index in [9.17, 15) is 9.59 Å². The lowest BCUT2D eigenvalue weighted by molar-refractivity contribution is -0.119. The first-order chi connectivity index (χ1) is 8.69. The molecule has 1 saturated heterocycles. The van der Waals surface area contributed by atoms with Gasteiger partial charge in [0.25, 0.3) is 5.91 Å². The number of alkyl halides is 1. The van der Waals surface area contributed by atoms with Crippen molar-refractivity contribution in [3.05, 3.63) is 35.4 Å². The maximum Gasteiger partial charge on any atom is 0.251 e. The van der Waals surface area contributed by atoms with E-state index < -0.39 is 0 Å². The minimum absolute atomic E-state index is 0.0562. The number of carbonyl (C=O) groups is 2. The highest BCUT2D eigenvalue weighted by Gasteiger charge is 2.20. The van der Waals surface area contributed by atoms with Gasteiger partial charge in [0.1, 0.15) is 0 Å². The molecule has 4 nitrogen and oxygen atoms in total. The highest BCUT2D eigenvalue weighted by molar-refractivity contribution is 6.17. The Morgan fingerprint density at radius 3 is 2.67 bits per heavy atom. The Morgan fingerprint density at radius 1 is 1.39 bits per heavy atom. The Labute approximate surface area is 111 Å². The van der Waals surface area contributed by atoms with Gasteiger partial charge in [-0.2, -0.15) is 0 Å². The van der Waals surface area contributed by atoms with Gasteiger partial charge in [-0.05, 0) is 24.1 Å². The molecular formula is C13H15ClN2O2. The largest absolute Gasteiger partial charge is 0.352 e. The smallest absolute Gasteiger partial charge is 0.251 e. The molecule has 1 aromatic rings. The molecule has 0 radical (unpaired) electrons. The van der Waals surface area contributed by atoms with E-state index in [-0.39, 0.29) is 17.9 Å². The number of nitrogens with one attached hydrogen (secondary N) is 2. The molecule has 0 bridgehead atoms. The van der Waals surface area contributed by atoms with Crippen LogP contribution in [0.1, 0.15) is 28.8 Å². The van der Waals surface area contributed by atoms with Crippen molar-refractivity contribution in [3.8, 4) is 0 Å². The van der Waals surface area contributed by atoms with Crippen LogP contribution < -0.4 is 10.6 Å². The molecule has 2 rings (SSSR count). The van der Waals surface area contributed by atoms with E-state index in [1.165, 1.54) is 0 Å². The Morgan fingerprint density at radius 2 is 2.11 bits per heavy atom. The fraction of sp³-hybridized carbons (Fsp3) is 0.385. The summed E-state index contributed by atoms with van der Waals surface area (Å²) in [7, 11) is 0. The summed E-state index contributed by atoms with van der Waals surface area (Å²) in [5.41, 5.74) is 1.59. The van der Waals surface area contributed by atoms with Crippen LogP contribution in [-0.2, 0) is 10.7 Å². The number of hydrogen-bond donors (Lipinski definition) is 2. The van der Waals surface area contributed by atoms with E-state index in [0.717, 1.165) is 12.0 Å². The third kappa shape index (κ3) is 3.23. The first-order valence-corrected chi connectivity index (χ1v) is 6.45. The summed E-state index contributed by atoms with van der Waals surface area (Å²) in [5.74, 6) is 0.369. The van der Waals surface area contributed by atoms with Crippen molar-refractivity contribution in [2.24, 2.45) is 0 Å². The Balaban J connectivity index is 1.85. The van der Waals surface area contributed by atoms with Crippen LogP contribution in [0.25, 0.3) is 0 Å². The fourth-order valence-electron chi connectivity index (χ4n) is 1.89. The van der Waals surface area contributed by atoms with E-state index in [0.29, 0.717) is 24.4 Å². The van der Waals surface area contributed by atoms with Gasteiger partial charge in [-0.25, -0.2) is 0 Å². The second-order valence-electron chi connectivity index (χ2n) is 4.34. The zero-order chi connectivity index (χ0) is 13.0. The highest BCUT2D eigenvalue weighted by atomic mass is 35.5. The Kier molecular flexibility index (Phi) is 4.20. The van der Waals surface area contributed by atoms with Crippen molar-refractivity contribution in [1.29, 1.82) is 0 Å². The molecule has 5 heteroatoms. The van der Waals surface area contributed by atoms with E-state index in [1.54, 1.807) is 12.1 Å². The van der Waals surface area contributed by atoms with Crippen molar-refractivity contribution in [1.82, 2.24) is 10.6 Å². The van der Waals surface area contributed by atoms with Crippen LogP contribution in [0, 0.1) is 0 Å². The van der Waals surface area contributed by atoms with E-state index in [1.807, 2.05) is 12.1 Å². The molecule has 2 amide bonds. The molecule has 0 spiro atoms. The summed E-state index contributed by atoms with van der Waals surface area (Å²) in [6, 6.07) is 7.22. The third-order valence-electron chi connectivity index (χ3n) is 2.96. The van der Waals surface area contributed by atoms with E-state index >= 15 is 0 Å². The molecule has 0 saturated carbocycles. The minimum Gasteiger partial charge on any atom is -0.352 e. The third-order valence-corrected chi connectivity index (χ3v) is 3.27. The number of rotatable bonds is 4. The van der Waals surface area contributed by atoms with Crippen LogP contribution in [-0.4, -0.2) is 24.4 Å². The fourth-order valence-corrected chi connectivity index (χ4v) is 2.07. The van der Waals surface area contributed by atoms with Crippen LogP contribution in [0.15, 0.2) is 24.3 Å². The predicted octanol–water partition coefficient (Wildman–Crippen LogP) is 1.43. The first-order valence-electron chi connectivity index (χ1n) is 5.91. The summed E-state index contributed by atoms with van der Waals surface area (Å²) in [6.07, 6.45) is 1.33. The van der Waals surface area contributed by atoms with Gasteiger partial charge >= 0.3 is 0 Å². The molecule has 1 atom stereocenters. The van der Waals surface area contributed by atoms with E-state index in [4.69, 9.17) is 11.6 Å². The number of amides is 2. The molecule has 1 unspecified atom stereocenters. The second kappa shape index (κ2) is 5.87. The summed E-state index contributed by atoms with van der Waals surface area (Å²) in [5, 5.41) is 5.62. The normalized spacial score (nSPS) is 18.5. The molecule has 1 aromatic carbocycles. The molecule has 1 fully saturated rings. The SMILES string of the molecule is O=C1CCC(CNC(=O)c2ccc(CCl)cc2)N1. The quantitative estimate of drug-likeness (QED) is 0.810. The van der Waals surface area contributed by atoms with Gasteiger partial charge in [0.05, 0.1) is 0 Å². The molecule has 1 aliphatic heterocycles. The predicted molar refractivity (Wildman–Crippen MR) is 69.5 cm³/mol. The number of carbonyl (C=O) groups excluding carboxylic acids is 2. The van der Waals surface area contributed by atoms with Crippen molar-refractivity contribution < 1.29 is 9.59 Å². The van der Waals surface area contributed by atoms with Crippen molar-refractivity contribution >= 4 is 23.4 Å². The van der Waals surface area contributed by atoms with Gasteiger partial charge < -0.3 is 10.6 Å². The zero-order valence-electron chi connectivity index (χ0n) is 9.91. The van der Waals surface area contributed by atoms with Crippen LogP contribution in [0.2, 0.25) is 0 Å². The van der Waals surface area contributed by atoms with Gasteiger partial charge in [0.2, 0.25) is 5.91 Å². The van der Waals surface area contributed by atoms with Gasteiger partial charge in [-0.3, -0.25) is 9.59 Å². The van der Waals surface area contributed by atoms with E-state index in [2.05, 4.69) is 10.6 Å². The summed E-state index contributed by atoms with van der Waals surface area (Å²) in [6.45, 7) is 0.474. The maximum atomic E-state index is 11.8. The Hall–Kier alpha value is -1.55. The van der Waals surface area contributed by atoms with Gasteiger partial charge in [0.15, 0.2) is 0 Å². The van der Waals surface area contributed by atoms with Gasteiger partial charge in [-0.1, -0.05) is 12.1 Å². The molecule has 1 aliphatic rings. The first kappa shape index (κ1) is 12.9. The molecule has 18 heavy (non-hydrogen) atoms. The monoisotopic (exact) mass is 266 g/mol. The summed E-state index contributed by atoms with van der Waals surface area (Å²) >= 11 is 5.68. The average Bonchev–Trinajstić information content (AvgIpc) is 2.82. The molecular weight excluding hydrogens is 252 g/mol. The number of benzene rings is 1. The summed E-state index contributed by atoms with van der Waals surface area (Å²) in [4.78, 5) is 22.8.